The van der Waals surface area contributed by atoms with E-state index in [1.807, 2.05) is 18.2 Å². The van der Waals surface area contributed by atoms with Crippen molar-refractivity contribution in [3.63, 3.8) is 0 Å². The van der Waals surface area contributed by atoms with Gasteiger partial charge in [0.05, 0.1) is 16.1 Å². The molecule has 0 bridgehead atoms. The van der Waals surface area contributed by atoms with Crippen LogP contribution in [-0.2, 0) is 9.59 Å². The van der Waals surface area contributed by atoms with Gasteiger partial charge in [0.2, 0.25) is 11.8 Å². The van der Waals surface area contributed by atoms with E-state index in [4.69, 9.17) is 18.9 Å². The van der Waals surface area contributed by atoms with E-state index in [0.29, 0.717) is 66.8 Å². The van der Waals surface area contributed by atoms with Crippen LogP contribution in [-0.4, -0.2) is 49.8 Å². The molecule has 1 fully saturated rings. The van der Waals surface area contributed by atoms with Crippen molar-refractivity contribution < 1.29 is 28.5 Å². The number of carbonyl (C=O) groups excluding carboxylic acids is 2. The van der Waals surface area contributed by atoms with E-state index < -0.39 is 5.92 Å². The Balaban J connectivity index is 1.17. The van der Waals surface area contributed by atoms with Crippen molar-refractivity contribution in [3.8, 4) is 23.0 Å². The highest BCUT2D eigenvalue weighted by molar-refractivity contribution is 7.22. The summed E-state index contributed by atoms with van der Waals surface area (Å²) in [6, 6.07) is 9.08. The fraction of sp³-hybridized carbons (Fsp3) is 0.318. The molecule has 9 nitrogen and oxygen atoms in total. The van der Waals surface area contributed by atoms with Crippen LogP contribution in [0.1, 0.15) is 6.42 Å². The Morgan fingerprint density at radius 1 is 0.969 bits per heavy atom. The molecule has 6 rings (SSSR count). The van der Waals surface area contributed by atoms with Crippen molar-refractivity contribution in [1.82, 2.24) is 4.98 Å². The molecular formula is C22H19N3O6S. The Morgan fingerprint density at radius 3 is 2.44 bits per heavy atom. The van der Waals surface area contributed by atoms with Gasteiger partial charge in [-0.15, -0.1) is 0 Å². The van der Waals surface area contributed by atoms with Gasteiger partial charge in [0.1, 0.15) is 26.4 Å². The monoisotopic (exact) mass is 453 g/mol. The van der Waals surface area contributed by atoms with Crippen LogP contribution < -0.4 is 29.2 Å². The van der Waals surface area contributed by atoms with Gasteiger partial charge < -0.3 is 29.2 Å². The number of thiazole rings is 1. The Labute approximate surface area is 186 Å². The zero-order valence-electron chi connectivity index (χ0n) is 17.0. The molecule has 0 aliphatic carbocycles. The molecule has 3 aromatic rings. The van der Waals surface area contributed by atoms with Crippen molar-refractivity contribution in [1.29, 1.82) is 0 Å². The number of nitrogens with zero attached hydrogens (tertiary/aromatic N) is 2. The number of benzene rings is 2. The number of aromatic nitrogens is 1. The number of anilines is 2. The van der Waals surface area contributed by atoms with Crippen molar-refractivity contribution in [2.24, 2.45) is 5.92 Å². The first-order valence-corrected chi connectivity index (χ1v) is 11.2. The van der Waals surface area contributed by atoms with Gasteiger partial charge in [-0.3, -0.25) is 9.59 Å². The van der Waals surface area contributed by atoms with Gasteiger partial charge in [0.25, 0.3) is 0 Å². The maximum Gasteiger partial charge on any atom is 0.231 e. The summed E-state index contributed by atoms with van der Waals surface area (Å²) in [5.74, 6) is 1.81. The molecule has 3 aliphatic heterocycles. The summed E-state index contributed by atoms with van der Waals surface area (Å²) >= 11 is 1.36. The van der Waals surface area contributed by atoms with Crippen LogP contribution in [0, 0.1) is 5.92 Å². The van der Waals surface area contributed by atoms with Crippen molar-refractivity contribution in [2.75, 3.05) is 43.2 Å². The van der Waals surface area contributed by atoms with E-state index in [-0.39, 0.29) is 18.2 Å². The minimum Gasteiger partial charge on any atom is -0.486 e. The number of rotatable bonds is 3. The van der Waals surface area contributed by atoms with Crippen LogP contribution in [0.4, 0.5) is 10.8 Å². The van der Waals surface area contributed by atoms with Crippen LogP contribution in [0.3, 0.4) is 0 Å². The second-order valence-electron chi connectivity index (χ2n) is 7.71. The van der Waals surface area contributed by atoms with Gasteiger partial charge in [-0.05, 0) is 12.1 Å². The maximum absolute atomic E-state index is 12.9. The number of amides is 2. The van der Waals surface area contributed by atoms with Crippen molar-refractivity contribution in [3.05, 3.63) is 30.3 Å². The highest BCUT2D eigenvalue weighted by atomic mass is 32.1. The fourth-order valence-electron chi connectivity index (χ4n) is 4.06. The van der Waals surface area contributed by atoms with Gasteiger partial charge in [-0.2, -0.15) is 0 Å². The molecule has 32 heavy (non-hydrogen) atoms. The van der Waals surface area contributed by atoms with Crippen molar-refractivity contribution >= 4 is 44.2 Å². The normalized spacial score (nSPS) is 19.3. The molecule has 0 radical (unpaired) electrons. The molecule has 1 aromatic heterocycles. The molecule has 2 amide bonds. The molecule has 2 aromatic carbocycles. The number of carbonyl (C=O) groups is 2. The van der Waals surface area contributed by atoms with Crippen LogP contribution >= 0.6 is 11.3 Å². The van der Waals surface area contributed by atoms with E-state index >= 15 is 0 Å². The summed E-state index contributed by atoms with van der Waals surface area (Å²) in [6.07, 6.45) is 0.140. The number of hydrogen-bond donors (Lipinski definition) is 1. The van der Waals surface area contributed by atoms with Gasteiger partial charge in [0, 0.05) is 36.9 Å². The lowest BCUT2D eigenvalue weighted by molar-refractivity contribution is -0.122. The summed E-state index contributed by atoms with van der Waals surface area (Å²) in [5, 5.41) is 3.35. The third-order valence-corrected chi connectivity index (χ3v) is 6.55. The highest BCUT2D eigenvalue weighted by Crippen LogP contribution is 2.39. The summed E-state index contributed by atoms with van der Waals surface area (Å²) in [7, 11) is 0. The quantitative estimate of drug-likeness (QED) is 0.651. The summed E-state index contributed by atoms with van der Waals surface area (Å²) < 4.78 is 23.2. The maximum atomic E-state index is 12.9. The molecule has 0 unspecified atom stereocenters. The lowest BCUT2D eigenvalue weighted by Gasteiger charge is -2.22. The second kappa shape index (κ2) is 7.56. The number of nitrogens with one attached hydrogen (secondary N) is 1. The zero-order valence-corrected chi connectivity index (χ0v) is 17.8. The smallest absolute Gasteiger partial charge is 0.231 e. The third-order valence-electron chi connectivity index (χ3n) is 5.62. The van der Waals surface area contributed by atoms with Crippen LogP contribution in [0.15, 0.2) is 30.3 Å². The molecular weight excluding hydrogens is 434 g/mol. The van der Waals surface area contributed by atoms with Gasteiger partial charge in [-0.25, -0.2) is 4.98 Å². The largest absolute Gasteiger partial charge is 0.486 e. The second-order valence-corrected chi connectivity index (χ2v) is 8.74. The highest BCUT2D eigenvalue weighted by Gasteiger charge is 2.36. The lowest BCUT2D eigenvalue weighted by atomic mass is 10.1. The summed E-state index contributed by atoms with van der Waals surface area (Å²) in [5.41, 5.74) is 1.43. The van der Waals surface area contributed by atoms with Crippen LogP contribution in [0.25, 0.3) is 10.2 Å². The Morgan fingerprint density at radius 2 is 1.66 bits per heavy atom. The number of hydrogen-bond acceptors (Lipinski definition) is 8. The summed E-state index contributed by atoms with van der Waals surface area (Å²) in [6.45, 7) is 2.29. The SMILES string of the molecule is O=C(Nc1nc2cc3c(cc2s1)OCCO3)[C@H]1CC(=O)N(c2ccc3c(c2)OCCO3)C1. The van der Waals surface area contributed by atoms with Gasteiger partial charge >= 0.3 is 0 Å². The van der Waals surface area contributed by atoms with E-state index in [0.717, 1.165) is 10.2 Å². The van der Waals surface area contributed by atoms with Crippen LogP contribution in [0.2, 0.25) is 0 Å². The average molecular weight is 453 g/mol. The zero-order chi connectivity index (χ0) is 21.7. The first kappa shape index (κ1) is 19.2. The number of ether oxygens (including phenoxy) is 4. The Bertz CT molecular complexity index is 1200. The van der Waals surface area contributed by atoms with E-state index in [1.54, 1.807) is 17.0 Å². The third kappa shape index (κ3) is 3.36. The minimum atomic E-state index is -0.470. The van der Waals surface area contributed by atoms with Crippen LogP contribution in [0.5, 0.6) is 23.0 Å². The predicted octanol–water partition coefficient (Wildman–Crippen LogP) is 2.83. The van der Waals surface area contributed by atoms with E-state index in [2.05, 4.69) is 10.3 Å². The minimum absolute atomic E-state index is 0.104. The molecule has 3 aliphatic rings. The standard InChI is InChI=1S/C22H19N3O6S/c26-20-7-12(11-25(20)13-1-2-15-16(8-13)29-4-3-28-15)21(27)24-22-23-14-9-17-18(10-19(14)32-22)31-6-5-30-17/h1-2,8-10,12H,3-7,11H2,(H,23,24,27)/t12-/m0/s1. The number of fused-ring (bicyclic) bond motifs is 3. The molecule has 0 saturated carbocycles. The van der Waals surface area contributed by atoms with Gasteiger partial charge in [-0.1, -0.05) is 11.3 Å². The topological polar surface area (TPSA) is 99.2 Å². The molecule has 1 atom stereocenters. The molecule has 10 heteroatoms. The van der Waals surface area contributed by atoms with E-state index in [9.17, 15) is 9.59 Å². The first-order chi connectivity index (χ1) is 15.6. The average Bonchev–Trinajstić information content (AvgIpc) is 3.39. The Kier molecular flexibility index (Phi) is 4.53. The fourth-order valence-corrected chi connectivity index (χ4v) is 4.94. The molecule has 164 valence electrons. The summed E-state index contributed by atoms with van der Waals surface area (Å²) in [4.78, 5) is 31.6. The Hall–Kier alpha value is -3.53. The van der Waals surface area contributed by atoms with E-state index in [1.165, 1.54) is 11.3 Å². The lowest BCUT2D eigenvalue weighted by Crippen LogP contribution is -2.28. The van der Waals surface area contributed by atoms with Crippen molar-refractivity contribution in [2.45, 2.75) is 6.42 Å². The first-order valence-electron chi connectivity index (χ1n) is 10.3. The molecule has 1 N–H and O–H groups in total. The predicted molar refractivity (Wildman–Crippen MR) is 117 cm³/mol. The molecule has 0 spiro atoms. The molecule has 1 saturated heterocycles. The molecule has 4 heterocycles. The van der Waals surface area contributed by atoms with Gasteiger partial charge in [0.15, 0.2) is 28.1 Å².